The van der Waals surface area contributed by atoms with E-state index in [4.69, 9.17) is 14.4 Å². The fourth-order valence-corrected chi connectivity index (χ4v) is 5.82. The maximum absolute atomic E-state index is 14.0. The molecule has 220 valence electrons. The van der Waals surface area contributed by atoms with E-state index in [1.807, 2.05) is 54.1 Å². The Balaban J connectivity index is 0.000000559. The highest BCUT2D eigenvalue weighted by Crippen LogP contribution is 2.32. The van der Waals surface area contributed by atoms with E-state index in [-0.39, 0.29) is 11.4 Å². The summed E-state index contributed by atoms with van der Waals surface area (Å²) in [7, 11) is -1.87. The molecule has 1 fully saturated rings. The number of sulfonamides is 1. The number of halogens is 4. The number of carbonyl (C=O) groups is 1. The molecule has 0 amide bonds. The van der Waals surface area contributed by atoms with Crippen molar-refractivity contribution in [2.24, 2.45) is 0 Å². The molecule has 4 rings (SSSR count). The van der Waals surface area contributed by atoms with Gasteiger partial charge in [0.05, 0.1) is 12.2 Å². The van der Waals surface area contributed by atoms with E-state index >= 15 is 0 Å². The second-order valence-corrected chi connectivity index (χ2v) is 11.9. The molecule has 0 aliphatic carbocycles. The first-order chi connectivity index (χ1) is 18.5. The van der Waals surface area contributed by atoms with Gasteiger partial charge < -0.3 is 14.5 Å². The van der Waals surface area contributed by atoms with Crippen molar-refractivity contribution in [3.8, 4) is 0 Å². The number of carboxylic acids is 1. The van der Waals surface area contributed by atoms with Crippen molar-refractivity contribution in [3.05, 3.63) is 48.0 Å². The number of fused-ring (bicyclic) bond motifs is 1. The van der Waals surface area contributed by atoms with Crippen LogP contribution in [0.5, 0.6) is 0 Å². The van der Waals surface area contributed by atoms with Gasteiger partial charge in [-0.25, -0.2) is 22.6 Å². The van der Waals surface area contributed by atoms with E-state index in [1.54, 1.807) is 0 Å². The molecule has 1 N–H and O–H groups in total. The number of aromatic nitrogens is 2. The number of alkyl halides is 4. The van der Waals surface area contributed by atoms with E-state index in [0.29, 0.717) is 49.7 Å². The number of benzene rings is 1. The Morgan fingerprint density at radius 2 is 1.68 bits per heavy atom. The van der Waals surface area contributed by atoms with Crippen LogP contribution in [-0.4, -0.2) is 90.5 Å². The number of rotatable bonds is 7. The van der Waals surface area contributed by atoms with Gasteiger partial charge in [0.1, 0.15) is 16.4 Å². The molecule has 3 heterocycles. The second kappa shape index (κ2) is 12.1. The third-order valence-corrected chi connectivity index (χ3v) is 7.89. The summed E-state index contributed by atoms with van der Waals surface area (Å²) < 4.78 is 79.6. The zero-order chi connectivity index (χ0) is 29.9. The first-order valence-corrected chi connectivity index (χ1v) is 13.7. The van der Waals surface area contributed by atoms with E-state index in [2.05, 4.69) is 10.1 Å². The molecule has 1 aliphatic rings. The molecule has 0 unspecified atom stereocenters. The van der Waals surface area contributed by atoms with E-state index < -0.39 is 27.8 Å². The Hall–Kier alpha value is -3.30. The van der Waals surface area contributed by atoms with Gasteiger partial charge in [0.25, 0.3) is 0 Å². The van der Waals surface area contributed by atoms with Gasteiger partial charge in [-0.2, -0.15) is 17.5 Å². The third kappa shape index (κ3) is 7.88. The third-order valence-electron chi connectivity index (χ3n) is 5.96. The number of piperazine rings is 1. The molecule has 0 saturated carbocycles. The predicted octanol–water partition coefficient (Wildman–Crippen LogP) is 3.86. The van der Waals surface area contributed by atoms with Gasteiger partial charge >= 0.3 is 12.1 Å². The number of aryl methyl sites for hydroxylation is 1. The Bertz CT molecular complexity index is 1430. The summed E-state index contributed by atoms with van der Waals surface area (Å²) in [6.07, 6.45) is -3.65. The summed E-state index contributed by atoms with van der Waals surface area (Å²) in [5.74, 6) is -1.40. The number of hydrogen-bond donors (Lipinski definition) is 1. The number of pyridine rings is 1. The van der Waals surface area contributed by atoms with Crippen LogP contribution in [0, 0.1) is 6.92 Å². The Labute approximate surface area is 229 Å². The van der Waals surface area contributed by atoms with E-state index in [9.17, 15) is 26.0 Å². The summed E-state index contributed by atoms with van der Waals surface area (Å²) in [5, 5.41) is 12.4. The van der Waals surface area contributed by atoms with E-state index in [1.165, 1.54) is 24.3 Å². The molecule has 0 atom stereocenters. The van der Waals surface area contributed by atoms with Gasteiger partial charge in [-0.1, -0.05) is 29.4 Å². The number of nitrogens with zero attached hydrogens (tertiary/aromatic N) is 5. The number of aliphatic carboxylic acids is 1. The summed E-state index contributed by atoms with van der Waals surface area (Å²) in [6, 6.07) is 9.24. The van der Waals surface area contributed by atoms with Crippen LogP contribution in [0.1, 0.15) is 25.3 Å². The van der Waals surface area contributed by atoms with Crippen LogP contribution in [-0.2, 0) is 21.4 Å². The lowest BCUT2D eigenvalue weighted by Gasteiger charge is -2.36. The number of carboxylic acid groups (broad SMARTS) is 1. The molecule has 0 bridgehead atoms. The first-order valence-electron chi connectivity index (χ1n) is 12.2. The molecule has 1 aliphatic heterocycles. The van der Waals surface area contributed by atoms with Crippen LogP contribution >= 0.6 is 0 Å². The molecule has 10 nitrogen and oxygen atoms in total. The minimum atomic E-state index is -5.08. The smallest absolute Gasteiger partial charge is 0.475 e. The standard InChI is InChI=1S/C23H30FN5O3S.C2HF3O2/c1-17-13-18(32-26-17)15-27(4)22-20-8-6-5-7-19(20)21(14-25-22)33(30,31)29-11-9-28(10-12-29)16-23(2,3)24;3-2(4,5)1(6)7/h5-8,13-14H,9-12,15-16H2,1-4H3;(H,6,7). The van der Waals surface area contributed by atoms with Crippen molar-refractivity contribution in [1.82, 2.24) is 19.3 Å². The Kier molecular flexibility index (Phi) is 9.42. The van der Waals surface area contributed by atoms with Gasteiger partial charge in [-0.05, 0) is 20.8 Å². The zero-order valence-corrected chi connectivity index (χ0v) is 23.3. The lowest BCUT2D eigenvalue weighted by Crippen LogP contribution is -2.51. The maximum atomic E-state index is 14.0. The highest BCUT2D eigenvalue weighted by molar-refractivity contribution is 7.89. The van der Waals surface area contributed by atoms with Crippen molar-refractivity contribution in [3.63, 3.8) is 0 Å². The molecule has 1 aromatic carbocycles. The van der Waals surface area contributed by atoms with Crippen LogP contribution in [0.2, 0.25) is 0 Å². The molecule has 15 heteroatoms. The van der Waals surface area contributed by atoms with Gasteiger partial charge in [-0.3, -0.25) is 4.90 Å². The highest BCUT2D eigenvalue weighted by atomic mass is 32.2. The van der Waals surface area contributed by atoms with Crippen LogP contribution in [0.4, 0.5) is 23.4 Å². The van der Waals surface area contributed by atoms with E-state index in [0.717, 1.165) is 11.1 Å². The largest absolute Gasteiger partial charge is 0.490 e. The van der Waals surface area contributed by atoms with Gasteiger partial charge in [0.15, 0.2) is 5.76 Å². The Morgan fingerprint density at radius 3 is 2.17 bits per heavy atom. The van der Waals surface area contributed by atoms with Crippen LogP contribution < -0.4 is 4.90 Å². The summed E-state index contributed by atoms with van der Waals surface area (Å²) >= 11 is 0. The fraction of sp³-hybridized carbons (Fsp3) is 0.480. The van der Waals surface area contributed by atoms with Crippen LogP contribution in [0.15, 0.2) is 45.9 Å². The second-order valence-electron chi connectivity index (χ2n) is 9.98. The van der Waals surface area contributed by atoms with Crippen molar-refractivity contribution < 1.29 is 40.4 Å². The molecule has 1 saturated heterocycles. The summed E-state index contributed by atoms with van der Waals surface area (Å²) in [6.45, 7) is 7.31. The Morgan fingerprint density at radius 1 is 1.10 bits per heavy atom. The first kappa shape index (κ1) is 31.2. The minimum Gasteiger partial charge on any atom is -0.475 e. The molecule has 3 aromatic rings. The van der Waals surface area contributed by atoms with Gasteiger partial charge in [0.2, 0.25) is 10.0 Å². The topological polar surface area (TPSA) is 120 Å². The van der Waals surface area contributed by atoms with Crippen molar-refractivity contribution in [1.29, 1.82) is 0 Å². The number of hydrogen-bond acceptors (Lipinski definition) is 8. The molecule has 40 heavy (non-hydrogen) atoms. The monoisotopic (exact) mass is 589 g/mol. The van der Waals surface area contributed by atoms with Crippen molar-refractivity contribution >= 4 is 32.6 Å². The minimum absolute atomic E-state index is 0.185. The van der Waals surface area contributed by atoms with Crippen LogP contribution in [0.25, 0.3) is 10.8 Å². The fourth-order valence-electron chi connectivity index (χ4n) is 4.26. The summed E-state index contributed by atoms with van der Waals surface area (Å²) in [5.41, 5.74) is -0.513. The molecule has 0 spiro atoms. The normalized spacial score (nSPS) is 15.5. The summed E-state index contributed by atoms with van der Waals surface area (Å²) in [4.78, 5) is 17.5. The average Bonchev–Trinajstić information content (AvgIpc) is 3.26. The number of anilines is 1. The quantitative estimate of drug-likeness (QED) is 0.410. The lowest BCUT2D eigenvalue weighted by molar-refractivity contribution is -0.192. The predicted molar refractivity (Wildman–Crippen MR) is 139 cm³/mol. The SMILES string of the molecule is Cc1cc(CN(C)c2ncc(S(=O)(=O)N3CCN(CC(C)(C)F)CC3)c3ccccc23)on1.O=C(O)C(F)(F)F. The van der Waals surface area contributed by atoms with Gasteiger partial charge in [-0.15, -0.1) is 0 Å². The molecular weight excluding hydrogens is 558 g/mol. The van der Waals surface area contributed by atoms with Gasteiger partial charge in [0, 0.05) is 62.8 Å². The average molecular weight is 590 g/mol. The zero-order valence-electron chi connectivity index (χ0n) is 22.4. The van der Waals surface area contributed by atoms with Crippen LogP contribution in [0.3, 0.4) is 0 Å². The van der Waals surface area contributed by atoms with Crippen molar-refractivity contribution in [2.75, 3.05) is 44.7 Å². The molecule has 0 radical (unpaired) electrons. The van der Waals surface area contributed by atoms with Crippen molar-refractivity contribution in [2.45, 2.75) is 44.1 Å². The molecule has 2 aromatic heterocycles. The molecular formula is C25H31F4N5O5S. The highest BCUT2D eigenvalue weighted by Gasteiger charge is 2.38. The lowest BCUT2D eigenvalue weighted by atomic mass is 10.1. The maximum Gasteiger partial charge on any atom is 0.490 e.